The molecule has 2 heterocycles. The van der Waals surface area contributed by atoms with Crippen LogP contribution in [0.25, 0.3) is 0 Å². The molecule has 1 aromatic heterocycles. The van der Waals surface area contributed by atoms with E-state index in [1.165, 1.54) is 19.3 Å². The molecule has 1 aliphatic carbocycles. The first kappa shape index (κ1) is 12.5. The molecule has 1 aromatic rings. The molecule has 2 unspecified atom stereocenters. The smallest absolute Gasteiger partial charge is 0.272 e. The number of hydrogen-bond donors (Lipinski definition) is 1. The highest BCUT2D eigenvalue weighted by Crippen LogP contribution is 2.37. The molecular formula is C15H21N3O. The minimum absolute atomic E-state index is 0.106. The van der Waals surface area contributed by atoms with Crippen molar-refractivity contribution < 1.29 is 4.79 Å². The lowest BCUT2D eigenvalue weighted by Crippen LogP contribution is -2.38. The molecule has 2 fully saturated rings. The van der Waals surface area contributed by atoms with Gasteiger partial charge < -0.3 is 10.2 Å². The number of anilines is 1. The number of fused-ring (bicyclic) bond motifs is 2. The highest BCUT2D eigenvalue weighted by atomic mass is 16.2. The van der Waals surface area contributed by atoms with Gasteiger partial charge in [0.25, 0.3) is 5.91 Å². The Kier molecular flexibility index (Phi) is 3.40. The van der Waals surface area contributed by atoms with Crippen LogP contribution in [-0.2, 0) is 0 Å². The Morgan fingerprint density at radius 1 is 1.47 bits per heavy atom. The predicted molar refractivity (Wildman–Crippen MR) is 75.2 cm³/mol. The van der Waals surface area contributed by atoms with Crippen LogP contribution in [0, 0.1) is 5.92 Å². The number of rotatable bonds is 4. The van der Waals surface area contributed by atoms with Crippen molar-refractivity contribution in [2.24, 2.45) is 5.92 Å². The van der Waals surface area contributed by atoms with Crippen molar-refractivity contribution >= 4 is 11.6 Å². The van der Waals surface area contributed by atoms with Crippen LogP contribution in [0.1, 0.15) is 43.1 Å². The van der Waals surface area contributed by atoms with E-state index in [0.717, 1.165) is 31.1 Å². The number of aromatic nitrogens is 1. The van der Waals surface area contributed by atoms with E-state index in [1.807, 2.05) is 17.0 Å². The lowest BCUT2D eigenvalue weighted by molar-refractivity contribution is 0.0697. The van der Waals surface area contributed by atoms with Gasteiger partial charge in [-0.05, 0) is 43.7 Å². The van der Waals surface area contributed by atoms with Crippen LogP contribution in [0.4, 0.5) is 5.69 Å². The molecular weight excluding hydrogens is 238 g/mol. The van der Waals surface area contributed by atoms with Crippen molar-refractivity contribution in [3.8, 4) is 0 Å². The summed E-state index contributed by atoms with van der Waals surface area (Å²) in [4.78, 5) is 18.7. The lowest BCUT2D eigenvalue weighted by Gasteiger charge is -2.26. The number of pyridine rings is 1. The van der Waals surface area contributed by atoms with Gasteiger partial charge in [0.05, 0.1) is 11.9 Å². The maximum Gasteiger partial charge on any atom is 0.272 e. The molecule has 2 atom stereocenters. The van der Waals surface area contributed by atoms with Gasteiger partial charge in [0, 0.05) is 19.1 Å². The summed E-state index contributed by atoms with van der Waals surface area (Å²) < 4.78 is 0. The van der Waals surface area contributed by atoms with Gasteiger partial charge >= 0.3 is 0 Å². The fourth-order valence-electron chi connectivity index (χ4n) is 3.21. The van der Waals surface area contributed by atoms with E-state index in [9.17, 15) is 4.79 Å². The van der Waals surface area contributed by atoms with Crippen molar-refractivity contribution in [2.75, 3.05) is 18.4 Å². The Bertz CT molecular complexity index is 457. The lowest BCUT2D eigenvalue weighted by atomic mass is 10.1. The number of hydrogen-bond acceptors (Lipinski definition) is 3. The summed E-state index contributed by atoms with van der Waals surface area (Å²) in [6.45, 7) is 3.99. The van der Waals surface area contributed by atoms with E-state index in [4.69, 9.17) is 0 Å². The first-order valence-corrected chi connectivity index (χ1v) is 7.29. The van der Waals surface area contributed by atoms with Crippen LogP contribution in [0.5, 0.6) is 0 Å². The van der Waals surface area contributed by atoms with Crippen LogP contribution in [0.2, 0.25) is 0 Å². The number of nitrogens with one attached hydrogen (secondary N) is 1. The summed E-state index contributed by atoms with van der Waals surface area (Å²) in [5, 5.41) is 3.27. The van der Waals surface area contributed by atoms with Gasteiger partial charge in [0.15, 0.2) is 0 Å². The molecule has 3 rings (SSSR count). The zero-order valence-corrected chi connectivity index (χ0v) is 11.4. The zero-order chi connectivity index (χ0) is 13.2. The first-order chi connectivity index (χ1) is 9.28. The molecule has 0 spiro atoms. The maximum absolute atomic E-state index is 12.4. The Balaban J connectivity index is 1.67. The molecule has 102 valence electrons. The molecule has 4 heteroatoms. The van der Waals surface area contributed by atoms with Crippen molar-refractivity contribution in [1.29, 1.82) is 0 Å². The third-order valence-electron chi connectivity index (χ3n) is 4.23. The Morgan fingerprint density at radius 3 is 2.95 bits per heavy atom. The summed E-state index contributed by atoms with van der Waals surface area (Å²) in [6, 6.07) is 4.26. The van der Waals surface area contributed by atoms with E-state index in [0.29, 0.717) is 11.7 Å². The summed E-state index contributed by atoms with van der Waals surface area (Å²) >= 11 is 0. The predicted octanol–water partition coefficient (Wildman–Crippen LogP) is 2.53. The first-order valence-electron chi connectivity index (χ1n) is 7.29. The Morgan fingerprint density at radius 2 is 2.37 bits per heavy atom. The third kappa shape index (κ3) is 2.44. The minimum atomic E-state index is 0.106. The summed E-state index contributed by atoms with van der Waals surface area (Å²) in [5.41, 5.74) is 1.57. The number of nitrogens with zero attached hydrogens (tertiary/aromatic N) is 2. The number of carbonyl (C=O) groups is 1. The number of likely N-dealkylation sites (tertiary alicyclic amines) is 1. The highest BCUT2D eigenvalue weighted by molar-refractivity contribution is 5.93. The number of amides is 1. The van der Waals surface area contributed by atoms with Gasteiger partial charge in [-0.2, -0.15) is 0 Å². The second-order valence-electron chi connectivity index (χ2n) is 5.65. The summed E-state index contributed by atoms with van der Waals surface area (Å²) in [6.07, 6.45) is 6.50. The normalized spacial score (nSPS) is 24.8. The topological polar surface area (TPSA) is 45.2 Å². The van der Waals surface area contributed by atoms with Gasteiger partial charge in [-0.25, -0.2) is 4.98 Å². The van der Waals surface area contributed by atoms with Gasteiger partial charge in [-0.3, -0.25) is 4.79 Å². The van der Waals surface area contributed by atoms with Crippen LogP contribution < -0.4 is 5.32 Å². The van der Waals surface area contributed by atoms with Crippen molar-refractivity contribution in [2.45, 2.75) is 38.6 Å². The van der Waals surface area contributed by atoms with Gasteiger partial charge in [-0.1, -0.05) is 6.92 Å². The second-order valence-corrected chi connectivity index (χ2v) is 5.65. The Hall–Kier alpha value is -1.58. The van der Waals surface area contributed by atoms with Crippen LogP contribution in [0.15, 0.2) is 18.3 Å². The molecule has 1 N–H and O–H groups in total. The molecule has 2 bridgehead atoms. The monoisotopic (exact) mass is 259 g/mol. The fourth-order valence-corrected chi connectivity index (χ4v) is 3.21. The molecule has 0 aromatic carbocycles. The molecule has 2 aliphatic rings. The third-order valence-corrected chi connectivity index (χ3v) is 4.23. The largest absolute Gasteiger partial charge is 0.384 e. The second kappa shape index (κ2) is 5.19. The summed E-state index contributed by atoms with van der Waals surface area (Å²) in [5.74, 6) is 0.841. The van der Waals surface area contributed by atoms with E-state index in [2.05, 4.69) is 17.2 Å². The zero-order valence-electron chi connectivity index (χ0n) is 11.4. The van der Waals surface area contributed by atoms with Gasteiger partial charge in [-0.15, -0.1) is 0 Å². The molecule has 1 saturated heterocycles. The van der Waals surface area contributed by atoms with E-state index in [-0.39, 0.29) is 5.91 Å². The molecule has 1 aliphatic heterocycles. The average molecular weight is 259 g/mol. The standard InChI is InChI=1S/C15H21N3O/c1-2-7-16-12-4-6-14(17-9-12)15(19)18-10-11-3-5-13(18)8-11/h4,6,9,11,13,16H,2-3,5,7-8,10H2,1H3. The maximum atomic E-state index is 12.4. The van der Waals surface area contributed by atoms with E-state index >= 15 is 0 Å². The van der Waals surface area contributed by atoms with Crippen molar-refractivity contribution in [3.05, 3.63) is 24.0 Å². The van der Waals surface area contributed by atoms with Crippen molar-refractivity contribution in [1.82, 2.24) is 9.88 Å². The fraction of sp³-hybridized carbons (Fsp3) is 0.600. The molecule has 1 saturated carbocycles. The molecule has 0 radical (unpaired) electrons. The molecule has 4 nitrogen and oxygen atoms in total. The summed E-state index contributed by atoms with van der Waals surface area (Å²) in [7, 11) is 0. The quantitative estimate of drug-likeness (QED) is 0.903. The molecule has 19 heavy (non-hydrogen) atoms. The molecule has 1 amide bonds. The number of piperidine rings is 1. The minimum Gasteiger partial charge on any atom is -0.384 e. The average Bonchev–Trinajstić information content (AvgIpc) is 3.07. The van der Waals surface area contributed by atoms with E-state index in [1.54, 1.807) is 6.20 Å². The highest BCUT2D eigenvalue weighted by Gasteiger charge is 2.40. The van der Waals surface area contributed by atoms with E-state index < -0.39 is 0 Å². The van der Waals surface area contributed by atoms with Crippen LogP contribution in [0.3, 0.4) is 0 Å². The van der Waals surface area contributed by atoms with Crippen molar-refractivity contribution in [3.63, 3.8) is 0 Å². The Labute approximate surface area is 114 Å². The SMILES string of the molecule is CCCNc1ccc(C(=O)N2CC3CCC2C3)nc1. The van der Waals surface area contributed by atoms with Crippen LogP contribution >= 0.6 is 0 Å². The van der Waals surface area contributed by atoms with Crippen LogP contribution in [-0.4, -0.2) is 34.9 Å². The van der Waals surface area contributed by atoms with Gasteiger partial charge in [0.2, 0.25) is 0 Å². The number of carbonyl (C=O) groups excluding carboxylic acids is 1. The van der Waals surface area contributed by atoms with Gasteiger partial charge in [0.1, 0.15) is 5.69 Å².